The molecule has 4 rings (SSSR count). The molecule has 2 heterocycles. The zero-order valence-corrected chi connectivity index (χ0v) is 13.5. The largest absolute Gasteiger partial charge is 0.370 e. The Morgan fingerprint density at radius 1 is 1.29 bits per heavy atom. The predicted molar refractivity (Wildman–Crippen MR) is 90.0 cm³/mol. The van der Waals surface area contributed by atoms with E-state index in [1.165, 1.54) is 12.1 Å². The molecule has 3 nitrogen and oxygen atoms in total. The summed E-state index contributed by atoms with van der Waals surface area (Å²) in [5.41, 5.74) is 1.92. The lowest BCUT2D eigenvalue weighted by atomic mass is 10.1. The second kappa shape index (κ2) is 5.51. The summed E-state index contributed by atoms with van der Waals surface area (Å²) < 4.78 is 13.7. The molecule has 0 amide bonds. The van der Waals surface area contributed by atoms with Crippen LogP contribution in [0.4, 0.5) is 10.1 Å². The number of aromatic nitrogens is 1. The van der Waals surface area contributed by atoms with Crippen LogP contribution in [-0.2, 0) is 0 Å². The van der Waals surface area contributed by atoms with Crippen LogP contribution in [0.3, 0.4) is 0 Å². The van der Waals surface area contributed by atoms with E-state index in [9.17, 15) is 4.39 Å². The molecule has 1 saturated heterocycles. The number of pyridine rings is 1. The van der Waals surface area contributed by atoms with E-state index in [1.54, 1.807) is 18.3 Å². The fourth-order valence-electron chi connectivity index (χ4n) is 3.37. The molecule has 0 spiro atoms. The molecule has 1 aromatic heterocycles. The number of nitrogens with zero attached hydrogens (tertiary/aromatic N) is 3. The lowest BCUT2D eigenvalue weighted by Gasteiger charge is -2.21. The molecular formula is C19H13ClFN3. The number of anilines is 1. The van der Waals surface area contributed by atoms with Crippen molar-refractivity contribution in [3.8, 4) is 17.9 Å². The quantitative estimate of drug-likeness (QED) is 0.589. The highest BCUT2D eigenvalue weighted by atomic mass is 35.5. The van der Waals surface area contributed by atoms with Gasteiger partial charge in [0.25, 0.3) is 0 Å². The van der Waals surface area contributed by atoms with E-state index < -0.39 is 0 Å². The van der Waals surface area contributed by atoms with Gasteiger partial charge in [-0.15, -0.1) is 0 Å². The lowest BCUT2D eigenvalue weighted by Crippen LogP contribution is -2.24. The van der Waals surface area contributed by atoms with Crippen molar-refractivity contribution in [2.45, 2.75) is 6.42 Å². The Morgan fingerprint density at radius 3 is 2.96 bits per heavy atom. The molecule has 118 valence electrons. The van der Waals surface area contributed by atoms with Gasteiger partial charge >= 0.3 is 0 Å². The number of benzene rings is 1. The summed E-state index contributed by atoms with van der Waals surface area (Å²) >= 11 is 5.88. The lowest BCUT2D eigenvalue weighted by molar-refractivity contribution is 0.625. The molecular weight excluding hydrogens is 325 g/mol. The van der Waals surface area contributed by atoms with Crippen molar-refractivity contribution in [1.29, 1.82) is 5.26 Å². The number of rotatable bonds is 1. The van der Waals surface area contributed by atoms with Gasteiger partial charge in [0, 0.05) is 30.5 Å². The van der Waals surface area contributed by atoms with E-state index in [-0.39, 0.29) is 11.2 Å². The molecule has 0 bridgehead atoms. The van der Waals surface area contributed by atoms with E-state index in [0.717, 1.165) is 30.8 Å². The van der Waals surface area contributed by atoms with Crippen LogP contribution in [0, 0.1) is 40.3 Å². The summed E-state index contributed by atoms with van der Waals surface area (Å²) in [7, 11) is 0. The number of piperidine rings is 1. The predicted octanol–water partition coefficient (Wildman–Crippen LogP) is 3.62. The Kier molecular flexibility index (Phi) is 3.44. The summed E-state index contributed by atoms with van der Waals surface area (Å²) in [6, 6.07) is 10.1. The number of hydrogen-bond donors (Lipinski definition) is 0. The minimum Gasteiger partial charge on any atom is -0.370 e. The zero-order valence-electron chi connectivity index (χ0n) is 12.8. The molecule has 0 N–H and O–H groups in total. The van der Waals surface area contributed by atoms with E-state index in [0.29, 0.717) is 16.6 Å². The first-order chi connectivity index (χ1) is 11.6. The second-order valence-electron chi connectivity index (χ2n) is 6.36. The monoisotopic (exact) mass is 337 g/mol. The summed E-state index contributed by atoms with van der Waals surface area (Å²) in [5.74, 6) is 6.69. The van der Waals surface area contributed by atoms with Gasteiger partial charge in [-0.3, -0.25) is 0 Å². The van der Waals surface area contributed by atoms with E-state index in [1.807, 2.05) is 12.1 Å². The first kappa shape index (κ1) is 15.0. The Bertz CT molecular complexity index is 924. The minimum atomic E-state index is -0.379. The fourth-order valence-corrected chi connectivity index (χ4v) is 3.55. The summed E-state index contributed by atoms with van der Waals surface area (Å²) in [6.07, 6.45) is 2.71. The SMILES string of the molecule is N#Cc1cc(F)cc(N2C[C@@H]3CC3(C#Cc3ccnc(Cl)c3)C2)c1. The van der Waals surface area contributed by atoms with Crippen LogP contribution in [-0.4, -0.2) is 18.1 Å². The average molecular weight is 338 g/mol. The van der Waals surface area contributed by atoms with Gasteiger partial charge in [-0.1, -0.05) is 23.4 Å². The molecule has 1 aliphatic heterocycles. The van der Waals surface area contributed by atoms with Crippen molar-refractivity contribution in [3.05, 3.63) is 58.6 Å². The minimum absolute atomic E-state index is 0.0329. The van der Waals surface area contributed by atoms with Crippen LogP contribution in [0.5, 0.6) is 0 Å². The Balaban J connectivity index is 1.56. The average Bonchev–Trinajstić information content (AvgIpc) is 3.13. The first-order valence-corrected chi connectivity index (χ1v) is 8.06. The summed E-state index contributed by atoms with van der Waals surface area (Å²) in [4.78, 5) is 6.07. The van der Waals surface area contributed by atoms with Gasteiger partial charge in [0.15, 0.2) is 0 Å². The molecule has 1 unspecified atom stereocenters. The Morgan fingerprint density at radius 2 is 2.17 bits per heavy atom. The Labute approximate surface area is 144 Å². The standard InChI is InChI=1S/C19H13ClFN3/c20-18-7-13(2-4-23-18)1-3-19-9-15(19)11-24(12-19)17-6-14(10-22)5-16(21)8-17/h2,4-8,15H,9,11-12H2/t15-,19?/m0/s1. The van der Waals surface area contributed by atoms with E-state index >= 15 is 0 Å². The van der Waals surface area contributed by atoms with Crippen LogP contribution in [0.25, 0.3) is 0 Å². The Hall–Kier alpha value is -2.56. The van der Waals surface area contributed by atoms with Gasteiger partial charge in [0.2, 0.25) is 0 Å². The van der Waals surface area contributed by atoms with Gasteiger partial charge < -0.3 is 4.90 Å². The molecule has 2 atom stereocenters. The van der Waals surface area contributed by atoms with Crippen LogP contribution in [0.15, 0.2) is 36.5 Å². The number of fused-ring (bicyclic) bond motifs is 1. The smallest absolute Gasteiger partial charge is 0.130 e. The van der Waals surface area contributed by atoms with Gasteiger partial charge in [0.1, 0.15) is 11.0 Å². The number of nitriles is 1. The zero-order chi connectivity index (χ0) is 16.7. The maximum absolute atomic E-state index is 13.7. The van der Waals surface area contributed by atoms with Crippen LogP contribution in [0.1, 0.15) is 17.5 Å². The molecule has 2 aromatic rings. The highest BCUT2D eigenvalue weighted by Gasteiger charge is 2.59. The third-order valence-electron chi connectivity index (χ3n) is 4.70. The molecule has 0 radical (unpaired) electrons. The molecule has 1 aromatic carbocycles. The molecule has 2 fully saturated rings. The van der Waals surface area contributed by atoms with Crippen molar-refractivity contribution >= 4 is 17.3 Å². The normalized spacial score (nSPS) is 23.9. The van der Waals surface area contributed by atoms with Crippen molar-refractivity contribution in [1.82, 2.24) is 4.98 Å². The third-order valence-corrected chi connectivity index (χ3v) is 4.91. The van der Waals surface area contributed by atoms with Crippen LogP contribution >= 0.6 is 11.6 Å². The van der Waals surface area contributed by atoms with Gasteiger partial charge in [0.05, 0.1) is 17.0 Å². The fraction of sp³-hybridized carbons (Fsp3) is 0.263. The maximum Gasteiger partial charge on any atom is 0.130 e. The van der Waals surface area contributed by atoms with Crippen molar-refractivity contribution in [2.24, 2.45) is 11.3 Å². The van der Waals surface area contributed by atoms with Gasteiger partial charge in [-0.25, -0.2) is 9.37 Å². The molecule has 2 aliphatic rings. The highest BCUT2D eigenvalue weighted by molar-refractivity contribution is 6.29. The van der Waals surface area contributed by atoms with Crippen molar-refractivity contribution in [3.63, 3.8) is 0 Å². The molecule has 24 heavy (non-hydrogen) atoms. The second-order valence-corrected chi connectivity index (χ2v) is 6.75. The first-order valence-electron chi connectivity index (χ1n) is 7.68. The van der Waals surface area contributed by atoms with Gasteiger partial charge in [-0.05, 0) is 42.7 Å². The molecule has 5 heteroatoms. The number of hydrogen-bond acceptors (Lipinski definition) is 3. The molecule has 1 saturated carbocycles. The van der Waals surface area contributed by atoms with Crippen LogP contribution in [0.2, 0.25) is 5.15 Å². The van der Waals surface area contributed by atoms with Crippen molar-refractivity contribution in [2.75, 3.05) is 18.0 Å². The highest BCUT2D eigenvalue weighted by Crippen LogP contribution is 2.58. The maximum atomic E-state index is 13.7. The van der Waals surface area contributed by atoms with E-state index in [4.69, 9.17) is 16.9 Å². The molecule has 1 aliphatic carbocycles. The summed E-state index contributed by atoms with van der Waals surface area (Å²) in [6.45, 7) is 1.61. The third kappa shape index (κ3) is 2.70. The summed E-state index contributed by atoms with van der Waals surface area (Å²) in [5, 5.41) is 9.43. The number of halogens is 2. The van der Waals surface area contributed by atoms with Gasteiger partial charge in [-0.2, -0.15) is 5.26 Å². The van der Waals surface area contributed by atoms with Crippen molar-refractivity contribution < 1.29 is 4.39 Å². The van der Waals surface area contributed by atoms with E-state index in [2.05, 4.69) is 21.7 Å². The van der Waals surface area contributed by atoms with Crippen LogP contribution < -0.4 is 4.90 Å². The topological polar surface area (TPSA) is 39.9 Å².